The van der Waals surface area contributed by atoms with Gasteiger partial charge in [-0.3, -0.25) is 4.79 Å². The molecule has 8 heteroatoms. The Morgan fingerprint density at radius 2 is 2.04 bits per heavy atom. The van der Waals surface area contributed by atoms with Gasteiger partial charge >= 0.3 is 0 Å². The zero-order valence-corrected chi connectivity index (χ0v) is 16.1. The second kappa shape index (κ2) is 11.7. The van der Waals surface area contributed by atoms with Crippen molar-refractivity contribution in [2.75, 3.05) is 46.8 Å². The predicted molar refractivity (Wildman–Crippen MR) is 101 cm³/mol. The molecule has 3 N–H and O–H groups in total. The molecule has 0 saturated carbocycles. The number of furan rings is 1. The summed E-state index contributed by atoms with van der Waals surface area (Å²) in [5, 5.41) is 3.00. The molecule has 24 heavy (non-hydrogen) atoms. The largest absolute Gasteiger partial charge is 0.467 e. The molecular formula is C16H30Cl2N4O2. The summed E-state index contributed by atoms with van der Waals surface area (Å²) in [7, 11) is 4.21. The number of likely N-dealkylation sites (N-methyl/N-ethyl adjacent to an activating group) is 1. The number of likely N-dealkylation sites (tertiary alicyclic amines) is 1. The van der Waals surface area contributed by atoms with Crippen molar-refractivity contribution in [2.45, 2.75) is 19.4 Å². The van der Waals surface area contributed by atoms with Crippen molar-refractivity contribution in [2.24, 2.45) is 11.7 Å². The number of halogens is 2. The number of hydrogen-bond donors (Lipinski definition) is 2. The minimum absolute atomic E-state index is 0. The van der Waals surface area contributed by atoms with E-state index in [1.807, 2.05) is 0 Å². The first-order valence-corrected chi connectivity index (χ1v) is 8.01. The smallest absolute Gasteiger partial charge is 0.254 e. The van der Waals surface area contributed by atoms with Crippen LogP contribution in [0.25, 0.3) is 0 Å². The summed E-state index contributed by atoms with van der Waals surface area (Å²) in [4.78, 5) is 16.7. The molecule has 0 radical (unpaired) electrons. The summed E-state index contributed by atoms with van der Waals surface area (Å²) in [6, 6.07) is 1.71. The maximum Gasteiger partial charge on any atom is 0.254 e. The van der Waals surface area contributed by atoms with Gasteiger partial charge in [0.25, 0.3) is 5.91 Å². The highest BCUT2D eigenvalue weighted by atomic mass is 35.5. The number of piperidine rings is 1. The van der Waals surface area contributed by atoms with E-state index in [9.17, 15) is 4.79 Å². The summed E-state index contributed by atoms with van der Waals surface area (Å²) >= 11 is 0. The number of carbonyl (C=O) groups is 1. The highest BCUT2D eigenvalue weighted by Crippen LogP contribution is 2.16. The molecule has 1 fully saturated rings. The molecule has 0 atom stereocenters. The topological polar surface area (TPSA) is 74.7 Å². The predicted octanol–water partition coefficient (Wildman–Crippen LogP) is 1.59. The molecule has 0 spiro atoms. The fraction of sp³-hybridized carbons (Fsp3) is 0.688. The number of carbonyl (C=O) groups excluding carboxylic acids is 1. The second-order valence-electron chi connectivity index (χ2n) is 6.30. The lowest BCUT2D eigenvalue weighted by molar-refractivity contribution is 0.0934. The normalized spacial score (nSPS) is 15.7. The van der Waals surface area contributed by atoms with Gasteiger partial charge in [0, 0.05) is 19.6 Å². The van der Waals surface area contributed by atoms with E-state index in [0.717, 1.165) is 45.6 Å². The third-order valence-electron chi connectivity index (χ3n) is 4.24. The van der Waals surface area contributed by atoms with E-state index in [1.165, 1.54) is 6.26 Å². The molecule has 1 aliphatic rings. The average Bonchev–Trinajstić information content (AvgIpc) is 3.00. The van der Waals surface area contributed by atoms with Gasteiger partial charge in [-0.05, 0) is 52.0 Å². The van der Waals surface area contributed by atoms with E-state index in [0.29, 0.717) is 23.8 Å². The molecule has 1 amide bonds. The van der Waals surface area contributed by atoms with Crippen molar-refractivity contribution in [3.05, 3.63) is 23.7 Å². The molecular weight excluding hydrogens is 351 g/mol. The third kappa shape index (κ3) is 7.40. The minimum Gasteiger partial charge on any atom is -0.467 e. The summed E-state index contributed by atoms with van der Waals surface area (Å²) in [5.74, 6) is 1.14. The quantitative estimate of drug-likeness (QED) is 0.750. The molecule has 0 aromatic carbocycles. The Morgan fingerprint density at radius 1 is 1.38 bits per heavy atom. The average molecular weight is 381 g/mol. The Hall–Kier alpha value is -0.790. The van der Waals surface area contributed by atoms with Gasteiger partial charge in [-0.25, -0.2) is 0 Å². The number of nitrogens with zero attached hydrogens (tertiary/aromatic N) is 2. The van der Waals surface area contributed by atoms with Crippen LogP contribution in [0.3, 0.4) is 0 Å². The first kappa shape index (κ1) is 23.2. The standard InChI is InChI=1S/C16H28N4O2.2ClH/c1-19(2)7-8-20-5-3-13(4-6-20)11-18-16(21)14-9-15(10-17)22-12-14;;/h9,12-13H,3-8,10-11,17H2,1-2H3,(H,18,21);2*1H. The highest BCUT2D eigenvalue weighted by molar-refractivity contribution is 5.93. The molecule has 0 bridgehead atoms. The van der Waals surface area contributed by atoms with E-state index in [1.54, 1.807) is 6.07 Å². The van der Waals surface area contributed by atoms with Gasteiger partial charge in [0.15, 0.2) is 0 Å². The van der Waals surface area contributed by atoms with Crippen LogP contribution in [0.5, 0.6) is 0 Å². The van der Waals surface area contributed by atoms with Crippen molar-refractivity contribution >= 4 is 30.7 Å². The summed E-state index contributed by atoms with van der Waals surface area (Å²) in [6.07, 6.45) is 3.77. The van der Waals surface area contributed by atoms with E-state index in [2.05, 4.69) is 29.2 Å². The second-order valence-corrected chi connectivity index (χ2v) is 6.30. The fourth-order valence-corrected chi connectivity index (χ4v) is 2.70. The molecule has 1 aromatic heterocycles. The van der Waals surface area contributed by atoms with Crippen LogP contribution >= 0.6 is 24.8 Å². The van der Waals surface area contributed by atoms with Crippen molar-refractivity contribution < 1.29 is 9.21 Å². The fourth-order valence-electron chi connectivity index (χ4n) is 2.70. The first-order valence-electron chi connectivity index (χ1n) is 8.01. The van der Waals surface area contributed by atoms with Crippen LogP contribution in [0.2, 0.25) is 0 Å². The molecule has 140 valence electrons. The lowest BCUT2D eigenvalue weighted by atomic mass is 9.96. The number of hydrogen-bond acceptors (Lipinski definition) is 5. The number of nitrogens with two attached hydrogens (primary N) is 1. The first-order chi connectivity index (χ1) is 10.6. The molecule has 1 aliphatic heterocycles. The summed E-state index contributed by atoms with van der Waals surface area (Å²) < 4.78 is 5.19. The van der Waals surface area contributed by atoms with E-state index in [-0.39, 0.29) is 30.7 Å². The molecule has 1 saturated heterocycles. The zero-order chi connectivity index (χ0) is 15.9. The Labute approximate surface area is 156 Å². The Balaban J connectivity index is 0.00000264. The van der Waals surface area contributed by atoms with Crippen molar-refractivity contribution in [1.29, 1.82) is 0 Å². The van der Waals surface area contributed by atoms with Crippen LogP contribution in [-0.4, -0.2) is 62.5 Å². The number of amides is 1. The Bertz CT molecular complexity index is 474. The zero-order valence-electron chi connectivity index (χ0n) is 14.5. The van der Waals surface area contributed by atoms with Gasteiger partial charge in [-0.1, -0.05) is 0 Å². The van der Waals surface area contributed by atoms with Gasteiger partial charge < -0.3 is 25.3 Å². The van der Waals surface area contributed by atoms with Gasteiger partial charge in [-0.15, -0.1) is 24.8 Å². The summed E-state index contributed by atoms with van der Waals surface area (Å²) in [5.41, 5.74) is 6.04. The van der Waals surface area contributed by atoms with Crippen molar-refractivity contribution in [3.63, 3.8) is 0 Å². The van der Waals surface area contributed by atoms with Gasteiger partial charge in [0.2, 0.25) is 0 Å². The lowest BCUT2D eigenvalue weighted by Gasteiger charge is -2.32. The van der Waals surface area contributed by atoms with Crippen LogP contribution in [0, 0.1) is 5.92 Å². The molecule has 6 nitrogen and oxygen atoms in total. The van der Waals surface area contributed by atoms with Crippen LogP contribution in [-0.2, 0) is 6.54 Å². The van der Waals surface area contributed by atoms with Gasteiger partial charge in [0.05, 0.1) is 12.1 Å². The van der Waals surface area contributed by atoms with Crippen LogP contribution in [0.4, 0.5) is 0 Å². The third-order valence-corrected chi connectivity index (χ3v) is 4.24. The number of rotatable bonds is 7. The molecule has 1 aromatic rings. The van der Waals surface area contributed by atoms with Gasteiger partial charge in [-0.2, -0.15) is 0 Å². The minimum atomic E-state index is -0.0708. The van der Waals surface area contributed by atoms with Crippen LogP contribution in [0.1, 0.15) is 29.0 Å². The monoisotopic (exact) mass is 380 g/mol. The highest BCUT2D eigenvalue weighted by Gasteiger charge is 2.20. The lowest BCUT2D eigenvalue weighted by Crippen LogP contribution is -2.41. The van der Waals surface area contributed by atoms with Crippen molar-refractivity contribution in [3.8, 4) is 0 Å². The van der Waals surface area contributed by atoms with Crippen molar-refractivity contribution in [1.82, 2.24) is 15.1 Å². The maximum atomic E-state index is 12.0. The molecule has 2 rings (SSSR count). The van der Waals surface area contributed by atoms with E-state index in [4.69, 9.17) is 10.2 Å². The molecule has 0 unspecified atom stereocenters. The molecule has 2 heterocycles. The van der Waals surface area contributed by atoms with Gasteiger partial charge in [0.1, 0.15) is 12.0 Å². The number of nitrogens with one attached hydrogen (secondary N) is 1. The van der Waals surface area contributed by atoms with E-state index < -0.39 is 0 Å². The maximum absolute atomic E-state index is 12.0. The van der Waals surface area contributed by atoms with Crippen LogP contribution in [0.15, 0.2) is 16.7 Å². The summed E-state index contributed by atoms with van der Waals surface area (Å²) in [6.45, 7) is 5.53. The molecule has 0 aliphatic carbocycles. The Kier molecular flexibility index (Phi) is 11.3. The van der Waals surface area contributed by atoms with Crippen LogP contribution < -0.4 is 11.1 Å². The Morgan fingerprint density at radius 3 is 2.58 bits per heavy atom. The van der Waals surface area contributed by atoms with E-state index >= 15 is 0 Å². The SMILES string of the molecule is CN(C)CCN1CCC(CNC(=O)c2coc(CN)c2)CC1.Cl.Cl.